The summed E-state index contributed by atoms with van der Waals surface area (Å²) >= 11 is 0. The zero-order valence-electron chi connectivity index (χ0n) is 16.0. The standard InChI is InChI=1S/C21H19F3N2O4/c1-2-20(15-6-4-3-5-7-15)18(28)26(19(29)25-20)12-17(27)30-13-14-8-10-16(11-9-14)21(22,23)24/h3-11H,2,12-13H2,1H3,(H,25,29). The van der Waals surface area contributed by atoms with Crippen molar-refractivity contribution in [2.45, 2.75) is 31.7 Å². The second-order valence-corrected chi connectivity index (χ2v) is 6.80. The zero-order chi connectivity index (χ0) is 21.9. The Morgan fingerprint density at radius 1 is 1.07 bits per heavy atom. The van der Waals surface area contributed by atoms with Gasteiger partial charge in [0.2, 0.25) is 0 Å². The van der Waals surface area contributed by atoms with Crippen LogP contribution in [0.4, 0.5) is 18.0 Å². The molecule has 1 unspecified atom stereocenters. The quantitative estimate of drug-likeness (QED) is 0.572. The highest BCUT2D eigenvalue weighted by Gasteiger charge is 2.51. The van der Waals surface area contributed by atoms with Crippen LogP contribution in [0.25, 0.3) is 0 Å². The summed E-state index contributed by atoms with van der Waals surface area (Å²) in [5, 5.41) is 2.66. The molecule has 3 rings (SSSR count). The van der Waals surface area contributed by atoms with Gasteiger partial charge in [-0.05, 0) is 29.7 Å². The predicted molar refractivity (Wildman–Crippen MR) is 99.9 cm³/mol. The Kier molecular flexibility index (Phi) is 5.82. The lowest BCUT2D eigenvalue weighted by Gasteiger charge is -2.25. The second-order valence-electron chi connectivity index (χ2n) is 6.80. The van der Waals surface area contributed by atoms with E-state index >= 15 is 0 Å². The van der Waals surface area contributed by atoms with Crippen LogP contribution in [0, 0.1) is 0 Å². The van der Waals surface area contributed by atoms with Crippen LogP contribution in [0.2, 0.25) is 0 Å². The lowest BCUT2D eigenvalue weighted by atomic mass is 9.87. The molecule has 9 heteroatoms. The maximum atomic E-state index is 12.9. The van der Waals surface area contributed by atoms with E-state index in [1.165, 1.54) is 12.1 Å². The third-order valence-electron chi connectivity index (χ3n) is 4.94. The van der Waals surface area contributed by atoms with Crippen LogP contribution >= 0.6 is 0 Å². The van der Waals surface area contributed by atoms with Crippen LogP contribution in [0.3, 0.4) is 0 Å². The van der Waals surface area contributed by atoms with E-state index in [0.29, 0.717) is 17.5 Å². The Morgan fingerprint density at radius 2 is 1.70 bits per heavy atom. The number of amides is 3. The van der Waals surface area contributed by atoms with Crippen LogP contribution in [0.5, 0.6) is 0 Å². The molecule has 1 saturated heterocycles. The van der Waals surface area contributed by atoms with E-state index in [2.05, 4.69) is 5.32 Å². The highest BCUT2D eigenvalue weighted by atomic mass is 19.4. The van der Waals surface area contributed by atoms with Crippen molar-refractivity contribution in [3.63, 3.8) is 0 Å². The molecule has 0 aliphatic carbocycles. The van der Waals surface area contributed by atoms with Crippen LogP contribution in [-0.4, -0.2) is 29.4 Å². The van der Waals surface area contributed by atoms with Crippen LogP contribution < -0.4 is 5.32 Å². The van der Waals surface area contributed by atoms with E-state index in [1.807, 2.05) is 0 Å². The highest BCUT2D eigenvalue weighted by Crippen LogP contribution is 2.32. The molecule has 2 aromatic rings. The van der Waals surface area contributed by atoms with Gasteiger partial charge in [0.15, 0.2) is 0 Å². The summed E-state index contributed by atoms with van der Waals surface area (Å²) in [4.78, 5) is 38.2. The topological polar surface area (TPSA) is 75.7 Å². The van der Waals surface area contributed by atoms with Crippen molar-refractivity contribution in [3.05, 3.63) is 71.3 Å². The van der Waals surface area contributed by atoms with Gasteiger partial charge in [0.05, 0.1) is 5.56 Å². The molecule has 0 radical (unpaired) electrons. The van der Waals surface area contributed by atoms with Gasteiger partial charge in [-0.1, -0.05) is 49.4 Å². The van der Waals surface area contributed by atoms with E-state index in [1.54, 1.807) is 37.3 Å². The molecule has 2 aromatic carbocycles. The normalized spacial score (nSPS) is 19.0. The summed E-state index contributed by atoms with van der Waals surface area (Å²) in [6.45, 7) is 0.871. The number of imide groups is 1. The SMILES string of the molecule is CCC1(c2ccccc2)NC(=O)N(CC(=O)OCc2ccc(C(F)(F)F)cc2)C1=O. The van der Waals surface area contributed by atoms with Gasteiger partial charge in [-0.3, -0.25) is 14.5 Å². The molecule has 0 spiro atoms. The number of carbonyl (C=O) groups excluding carboxylic acids is 3. The Morgan fingerprint density at radius 3 is 2.27 bits per heavy atom. The minimum Gasteiger partial charge on any atom is -0.459 e. The molecule has 3 amide bonds. The third-order valence-corrected chi connectivity index (χ3v) is 4.94. The van der Waals surface area contributed by atoms with Crippen molar-refractivity contribution < 1.29 is 32.3 Å². The molecule has 0 bridgehead atoms. The number of nitrogens with one attached hydrogen (secondary N) is 1. The van der Waals surface area contributed by atoms with Crippen molar-refractivity contribution in [2.75, 3.05) is 6.54 Å². The van der Waals surface area contributed by atoms with Gasteiger partial charge in [-0.25, -0.2) is 4.79 Å². The van der Waals surface area contributed by atoms with Gasteiger partial charge in [-0.15, -0.1) is 0 Å². The number of ether oxygens (including phenoxy) is 1. The number of rotatable bonds is 6. The smallest absolute Gasteiger partial charge is 0.416 e. The predicted octanol–water partition coefficient (Wildman–Crippen LogP) is 3.61. The Labute approximate surface area is 170 Å². The number of hydrogen-bond donors (Lipinski definition) is 1. The molecule has 1 aliphatic rings. The molecule has 1 atom stereocenters. The van der Waals surface area contributed by atoms with Gasteiger partial charge in [-0.2, -0.15) is 13.2 Å². The second kappa shape index (κ2) is 8.17. The van der Waals surface area contributed by atoms with Crippen molar-refractivity contribution in [2.24, 2.45) is 0 Å². The first-order valence-corrected chi connectivity index (χ1v) is 9.19. The molecule has 30 heavy (non-hydrogen) atoms. The lowest BCUT2D eigenvalue weighted by molar-refractivity contribution is -0.149. The van der Waals surface area contributed by atoms with Gasteiger partial charge >= 0.3 is 18.2 Å². The maximum absolute atomic E-state index is 12.9. The number of esters is 1. The molecule has 1 fully saturated rings. The number of carbonyl (C=O) groups is 3. The summed E-state index contributed by atoms with van der Waals surface area (Å²) < 4.78 is 42.8. The van der Waals surface area contributed by atoms with Gasteiger partial charge < -0.3 is 10.1 Å². The summed E-state index contributed by atoms with van der Waals surface area (Å²) in [6.07, 6.45) is -4.16. The van der Waals surface area contributed by atoms with E-state index in [-0.39, 0.29) is 6.61 Å². The maximum Gasteiger partial charge on any atom is 0.416 e. The van der Waals surface area contributed by atoms with Crippen molar-refractivity contribution >= 4 is 17.9 Å². The fourth-order valence-electron chi connectivity index (χ4n) is 3.26. The van der Waals surface area contributed by atoms with Crippen LogP contribution in [0.15, 0.2) is 54.6 Å². The van der Waals surface area contributed by atoms with Crippen LogP contribution in [0.1, 0.15) is 30.0 Å². The van der Waals surface area contributed by atoms with Crippen molar-refractivity contribution in [1.29, 1.82) is 0 Å². The number of urea groups is 1. The molecule has 1 heterocycles. The highest BCUT2D eigenvalue weighted by molar-refractivity contribution is 6.09. The summed E-state index contributed by atoms with van der Waals surface area (Å²) in [5.74, 6) is -1.41. The first-order valence-electron chi connectivity index (χ1n) is 9.19. The van der Waals surface area contributed by atoms with E-state index in [0.717, 1.165) is 17.0 Å². The average molecular weight is 420 g/mol. The molecule has 0 saturated carbocycles. The minimum atomic E-state index is -4.46. The number of hydrogen-bond acceptors (Lipinski definition) is 4. The average Bonchev–Trinajstić information content (AvgIpc) is 2.97. The summed E-state index contributed by atoms with van der Waals surface area (Å²) in [5.41, 5.74) is -1.12. The Hall–Kier alpha value is -3.36. The molecule has 1 N–H and O–H groups in total. The monoisotopic (exact) mass is 420 g/mol. The fraction of sp³-hybridized carbons (Fsp3) is 0.286. The first-order chi connectivity index (χ1) is 14.2. The Bertz CT molecular complexity index is 945. The summed E-state index contributed by atoms with van der Waals surface area (Å²) in [6, 6.07) is 12.2. The fourth-order valence-corrected chi connectivity index (χ4v) is 3.26. The van der Waals surface area contributed by atoms with Crippen molar-refractivity contribution in [1.82, 2.24) is 10.2 Å². The number of alkyl halides is 3. The van der Waals surface area contributed by atoms with Crippen molar-refractivity contribution in [3.8, 4) is 0 Å². The lowest BCUT2D eigenvalue weighted by Crippen LogP contribution is -2.43. The van der Waals surface area contributed by atoms with Gasteiger partial charge in [0, 0.05) is 0 Å². The molecule has 158 valence electrons. The Balaban J connectivity index is 1.64. The van der Waals surface area contributed by atoms with E-state index in [9.17, 15) is 27.6 Å². The van der Waals surface area contributed by atoms with E-state index in [4.69, 9.17) is 4.74 Å². The minimum absolute atomic E-state index is 0.280. The molecule has 0 aromatic heterocycles. The van der Waals surface area contributed by atoms with Gasteiger partial charge in [0.1, 0.15) is 18.7 Å². The van der Waals surface area contributed by atoms with E-state index < -0.39 is 41.7 Å². The number of benzene rings is 2. The zero-order valence-corrected chi connectivity index (χ0v) is 16.0. The molecule has 1 aliphatic heterocycles. The van der Waals surface area contributed by atoms with Gasteiger partial charge in [0.25, 0.3) is 5.91 Å². The van der Waals surface area contributed by atoms with Crippen LogP contribution in [-0.2, 0) is 32.6 Å². The summed E-state index contributed by atoms with van der Waals surface area (Å²) in [7, 11) is 0. The molecule has 6 nitrogen and oxygen atoms in total. The number of halogens is 3. The molecular formula is C21H19F3N2O4. The first kappa shape index (κ1) is 21.4. The number of nitrogens with zero attached hydrogens (tertiary/aromatic N) is 1. The molecular weight excluding hydrogens is 401 g/mol. The third kappa shape index (κ3) is 4.14. The largest absolute Gasteiger partial charge is 0.459 e.